The summed E-state index contributed by atoms with van der Waals surface area (Å²) in [4.78, 5) is 29.2. The van der Waals surface area contributed by atoms with E-state index in [1.54, 1.807) is 7.11 Å². The van der Waals surface area contributed by atoms with Gasteiger partial charge in [0, 0.05) is 39.7 Å². The molecule has 1 spiro atoms. The molecule has 27 heavy (non-hydrogen) atoms. The van der Waals surface area contributed by atoms with Gasteiger partial charge in [-0.1, -0.05) is 6.07 Å². The molecule has 0 saturated carbocycles. The summed E-state index contributed by atoms with van der Waals surface area (Å²) in [5.74, 6) is 1.80. The zero-order valence-electron chi connectivity index (χ0n) is 15.7. The summed E-state index contributed by atoms with van der Waals surface area (Å²) in [6.07, 6.45) is 2.71. The van der Waals surface area contributed by atoms with Gasteiger partial charge >= 0.3 is 0 Å². The maximum atomic E-state index is 12.8. The molecular weight excluding hydrogens is 348 g/mol. The fourth-order valence-corrected chi connectivity index (χ4v) is 4.28. The number of carbonyl (C=O) groups excluding carboxylic acids is 2. The molecule has 2 saturated heterocycles. The van der Waals surface area contributed by atoms with Crippen molar-refractivity contribution in [3.63, 3.8) is 0 Å². The van der Waals surface area contributed by atoms with E-state index < -0.39 is 0 Å². The van der Waals surface area contributed by atoms with Crippen molar-refractivity contribution in [2.75, 3.05) is 46.7 Å². The summed E-state index contributed by atoms with van der Waals surface area (Å²) in [6, 6.07) is 5.80. The van der Waals surface area contributed by atoms with E-state index in [1.165, 1.54) is 0 Å². The number of hydrogen-bond donors (Lipinski definition) is 0. The van der Waals surface area contributed by atoms with Crippen LogP contribution < -0.4 is 9.47 Å². The highest BCUT2D eigenvalue weighted by Crippen LogP contribution is 2.41. The molecule has 4 rings (SSSR count). The number of nitrogens with zero attached hydrogens (tertiary/aromatic N) is 2. The van der Waals surface area contributed by atoms with Gasteiger partial charge in [-0.05, 0) is 37.0 Å². The van der Waals surface area contributed by atoms with Crippen LogP contribution in [0.4, 0.5) is 0 Å². The molecule has 0 aromatic heterocycles. The van der Waals surface area contributed by atoms with Crippen molar-refractivity contribution in [2.24, 2.45) is 5.41 Å². The Bertz CT molecular complexity index is 737. The van der Waals surface area contributed by atoms with E-state index >= 15 is 0 Å². The fourth-order valence-electron chi connectivity index (χ4n) is 4.28. The number of carbonyl (C=O) groups is 2. The summed E-state index contributed by atoms with van der Waals surface area (Å²) in [5, 5.41) is 0. The lowest BCUT2D eigenvalue weighted by Crippen LogP contribution is -2.39. The topological polar surface area (TPSA) is 68.3 Å². The first kappa shape index (κ1) is 18.1. The number of fused-ring (bicyclic) bond motifs is 1. The van der Waals surface area contributed by atoms with Crippen molar-refractivity contribution in [2.45, 2.75) is 25.7 Å². The second-order valence-corrected chi connectivity index (χ2v) is 7.57. The average molecular weight is 374 g/mol. The SMILES string of the molecule is COCCN1CCC2(CCN(C(=O)CCc3ccc4c(c3)OCO4)C2)C1=O. The molecule has 7 nitrogen and oxygen atoms in total. The standard InChI is InChI=1S/C20H26N2O5/c1-25-11-10-21-8-6-20(19(21)24)7-9-22(13-20)18(23)5-3-15-2-4-16-17(12-15)27-14-26-16/h2,4,12H,3,5-11,13-14H2,1H3. The summed E-state index contributed by atoms with van der Waals surface area (Å²) >= 11 is 0. The molecular formula is C20H26N2O5. The van der Waals surface area contributed by atoms with Gasteiger partial charge in [0.05, 0.1) is 12.0 Å². The zero-order chi connectivity index (χ0) is 18.9. The summed E-state index contributed by atoms with van der Waals surface area (Å²) in [6.45, 7) is 3.43. The van der Waals surface area contributed by atoms with Crippen LogP contribution in [0.5, 0.6) is 11.5 Å². The third-order valence-corrected chi connectivity index (χ3v) is 5.94. The Morgan fingerprint density at radius 1 is 1.22 bits per heavy atom. The lowest BCUT2D eigenvalue weighted by molar-refractivity contribution is -0.136. The van der Waals surface area contributed by atoms with Gasteiger partial charge in [-0.3, -0.25) is 9.59 Å². The van der Waals surface area contributed by atoms with Gasteiger partial charge in [-0.2, -0.15) is 0 Å². The van der Waals surface area contributed by atoms with Crippen LogP contribution in [-0.4, -0.2) is 68.3 Å². The van der Waals surface area contributed by atoms with Crippen molar-refractivity contribution in [1.82, 2.24) is 9.80 Å². The second kappa shape index (κ2) is 7.38. The molecule has 1 aromatic carbocycles. The van der Waals surface area contributed by atoms with Gasteiger partial charge in [0.2, 0.25) is 18.6 Å². The monoisotopic (exact) mass is 374 g/mol. The molecule has 2 amide bonds. The molecule has 1 atom stereocenters. The smallest absolute Gasteiger partial charge is 0.231 e. The van der Waals surface area contributed by atoms with Gasteiger partial charge in [-0.25, -0.2) is 0 Å². The van der Waals surface area contributed by atoms with Gasteiger partial charge < -0.3 is 24.0 Å². The van der Waals surface area contributed by atoms with Gasteiger partial charge in [0.25, 0.3) is 0 Å². The number of aryl methyl sites for hydroxylation is 1. The molecule has 3 heterocycles. The van der Waals surface area contributed by atoms with E-state index in [2.05, 4.69) is 0 Å². The predicted octanol–water partition coefficient (Wildman–Crippen LogP) is 1.45. The minimum atomic E-state index is -0.373. The Kier molecular flexibility index (Phi) is 4.95. The van der Waals surface area contributed by atoms with Crippen LogP contribution in [0.25, 0.3) is 0 Å². The fraction of sp³-hybridized carbons (Fsp3) is 0.600. The van der Waals surface area contributed by atoms with Crippen molar-refractivity contribution in [3.05, 3.63) is 23.8 Å². The molecule has 0 radical (unpaired) electrons. The maximum absolute atomic E-state index is 12.8. The molecule has 1 aromatic rings. The van der Waals surface area contributed by atoms with E-state index in [0.29, 0.717) is 39.1 Å². The largest absolute Gasteiger partial charge is 0.454 e. The van der Waals surface area contributed by atoms with Crippen molar-refractivity contribution in [1.29, 1.82) is 0 Å². The van der Waals surface area contributed by atoms with Crippen molar-refractivity contribution in [3.8, 4) is 11.5 Å². The molecule has 1 unspecified atom stereocenters. The second-order valence-electron chi connectivity index (χ2n) is 7.57. The molecule has 2 fully saturated rings. The van der Waals surface area contributed by atoms with E-state index in [-0.39, 0.29) is 24.0 Å². The summed E-state index contributed by atoms with van der Waals surface area (Å²) < 4.78 is 15.8. The predicted molar refractivity (Wildman–Crippen MR) is 97.6 cm³/mol. The molecule has 0 bridgehead atoms. The number of likely N-dealkylation sites (tertiary alicyclic amines) is 2. The van der Waals surface area contributed by atoms with Crippen LogP contribution in [0.2, 0.25) is 0 Å². The number of methoxy groups -OCH3 is 1. The number of rotatable bonds is 6. The first-order chi connectivity index (χ1) is 13.1. The first-order valence-electron chi connectivity index (χ1n) is 9.56. The Morgan fingerprint density at radius 2 is 2.04 bits per heavy atom. The third-order valence-electron chi connectivity index (χ3n) is 5.94. The Morgan fingerprint density at radius 3 is 2.89 bits per heavy atom. The van der Waals surface area contributed by atoms with Gasteiger partial charge in [0.15, 0.2) is 11.5 Å². The van der Waals surface area contributed by atoms with Crippen LogP contribution >= 0.6 is 0 Å². The maximum Gasteiger partial charge on any atom is 0.231 e. The Hall–Kier alpha value is -2.28. The van der Waals surface area contributed by atoms with Crippen molar-refractivity contribution < 1.29 is 23.8 Å². The highest BCUT2D eigenvalue weighted by atomic mass is 16.7. The lowest BCUT2D eigenvalue weighted by Gasteiger charge is -2.23. The Balaban J connectivity index is 1.31. The van der Waals surface area contributed by atoms with Crippen molar-refractivity contribution >= 4 is 11.8 Å². The highest BCUT2D eigenvalue weighted by molar-refractivity contribution is 5.87. The van der Waals surface area contributed by atoms with E-state index in [1.807, 2.05) is 28.0 Å². The summed E-state index contributed by atoms with van der Waals surface area (Å²) in [7, 11) is 1.65. The molecule has 3 aliphatic rings. The van der Waals surface area contributed by atoms with Crippen LogP contribution in [0, 0.1) is 5.41 Å². The van der Waals surface area contributed by atoms with Gasteiger partial charge in [0.1, 0.15) is 0 Å². The van der Waals surface area contributed by atoms with E-state index in [4.69, 9.17) is 14.2 Å². The molecule has 0 N–H and O–H groups in total. The quantitative estimate of drug-likeness (QED) is 0.754. The van der Waals surface area contributed by atoms with Crippen LogP contribution in [0.1, 0.15) is 24.8 Å². The van der Waals surface area contributed by atoms with Crippen LogP contribution in [0.15, 0.2) is 18.2 Å². The molecule has 0 aliphatic carbocycles. The number of benzene rings is 1. The third kappa shape index (κ3) is 3.48. The van der Waals surface area contributed by atoms with E-state index in [9.17, 15) is 9.59 Å². The lowest BCUT2D eigenvalue weighted by atomic mass is 9.85. The van der Waals surface area contributed by atoms with Gasteiger partial charge in [-0.15, -0.1) is 0 Å². The minimum absolute atomic E-state index is 0.118. The first-order valence-corrected chi connectivity index (χ1v) is 9.56. The number of amides is 2. The average Bonchev–Trinajstić information content (AvgIpc) is 3.39. The zero-order valence-corrected chi connectivity index (χ0v) is 15.7. The number of ether oxygens (including phenoxy) is 3. The van der Waals surface area contributed by atoms with Crippen LogP contribution in [-0.2, 0) is 20.7 Å². The molecule has 146 valence electrons. The molecule has 3 aliphatic heterocycles. The van der Waals surface area contributed by atoms with Crippen LogP contribution in [0.3, 0.4) is 0 Å². The normalized spacial score (nSPS) is 23.7. The van der Waals surface area contributed by atoms with E-state index in [0.717, 1.165) is 36.4 Å². The molecule has 7 heteroatoms. The minimum Gasteiger partial charge on any atom is -0.454 e. The Labute approximate surface area is 159 Å². The highest BCUT2D eigenvalue weighted by Gasteiger charge is 2.51. The summed E-state index contributed by atoms with van der Waals surface area (Å²) in [5.41, 5.74) is 0.687. The number of hydrogen-bond acceptors (Lipinski definition) is 5.